The highest BCUT2D eigenvalue weighted by Gasteiger charge is 2.03. The topological polar surface area (TPSA) is 12.9 Å². The molecule has 10 heavy (non-hydrogen) atoms. The van der Waals surface area contributed by atoms with Gasteiger partial charge in [0.25, 0.3) is 0 Å². The van der Waals surface area contributed by atoms with Crippen LogP contribution in [0.25, 0.3) is 0 Å². The van der Waals surface area contributed by atoms with Crippen LogP contribution in [0.4, 0.5) is 4.39 Å². The van der Waals surface area contributed by atoms with Gasteiger partial charge in [0.15, 0.2) is 0 Å². The highest BCUT2D eigenvalue weighted by Crippen LogP contribution is 2.22. The van der Waals surface area contributed by atoms with Gasteiger partial charge in [-0.3, -0.25) is 0 Å². The van der Waals surface area contributed by atoms with E-state index in [1.165, 1.54) is 18.0 Å². The average Bonchev–Trinajstić information content (AvgIpc) is 1.95. The van der Waals surface area contributed by atoms with Crippen molar-refractivity contribution in [2.24, 2.45) is 0 Å². The van der Waals surface area contributed by atoms with E-state index < -0.39 is 0 Å². The van der Waals surface area contributed by atoms with Gasteiger partial charge in [0.1, 0.15) is 0 Å². The SMILES string of the molecule is CSc1ccnc(F)c1I. The van der Waals surface area contributed by atoms with Crippen molar-refractivity contribution in [3.8, 4) is 0 Å². The lowest BCUT2D eigenvalue weighted by atomic mass is 10.5. The fourth-order valence-corrected chi connectivity index (χ4v) is 2.00. The second-order valence-corrected chi connectivity index (χ2v) is 3.54. The van der Waals surface area contributed by atoms with Gasteiger partial charge in [-0.25, -0.2) is 4.98 Å². The standard InChI is InChI=1S/C6H5FINS/c1-10-4-2-3-9-6(7)5(4)8/h2-3H,1H3. The number of thioether (sulfide) groups is 1. The third kappa shape index (κ3) is 1.60. The Kier molecular flexibility index (Phi) is 2.91. The molecule has 0 saturated carbocycles. The zero-order valence-electron chi connectivity index (χ0n) is 5.27. The quantitative estimate of drug-likeness (QED) is 0.441. The van der Waals surface area contributed by atoms with E-state index in [1.807, 2.05) is 28.8 Å². The Morgan fingerprint density at radius 3 is 2.90 bits per heavy atom. The maximum absolute atomic E-state index is 12.6. The molecular formula is C6H5FINS. The molecule has 0 unspecified atom stereocenters. The van der Waals surface area contributed by atoms with E-state index in [-0.39, 0.29) is 5.95 Å². The fourth-order valence-electron chi connectivity index (χ4n) is 0.560. The lowest BCUT2D eigenvalue weighted by Crippen LogP contribution is -1.88. The number of aromatic nitrogens is 1. The smallest absolute Gasteiger partial charge is 0.227 e. The fraction of sp³-hybridized carbons (Fsp3) is 0.167. The summed E-state index contributed by atoms with van der Waals surface area (Å²) in [4.78, 5) is 4.44. The second kappa shape index (κ2) is 3.52. The zero-order valence-corrected chi connectivity index (χ0v) is 8.24. The minimum Gasteiger partial charge on any atom is -0.227 e. The molecule has 0 spiro atoms. The first-order chi connectivity index (χ1) is 4.75. The zero-order chi connectivity index (χ0) is 7.56. The predicted molar refractivity (Wildman–Crippen MR) is 48.7 cm³/mol. The Morgan fingerprint density at radius 2 is 2.40 bits per heavy atom. The van der Waals surface area contributed by atoms with Crippen LogP contribution in [0.3, 0.4) is 0 Å². The molecule has 0 saturated heterocycles. The summed E-state index contributed by atoms with van der Waals surface area (Å²) in [6, 6.07) is 1.80. The van der Waals surface area contributed by atoms with Crippen molar-refractivity contribution in [2.75, 3.05) is 6.26 Å². The summed E-state index contributed by atoms with van der Waals surface area (Å²) >= 11 is 3.47. The highest BCUT2D eigenvalue weighted by molar-refractivity contribution is 14.1. The van der Waals surface area contributed by atoms with Gasteiger partial charge >= 0.3 is 0 Å². The van der Waals surface area contributed by atoms with Crippen LogP contribution in [0.5, 0.6) is 0 Å². The molecule has 0 aromatic carbocycles. The number of halogens is 2. The first-order valence-electron chi connectivity index (χ1n) is 2.59. The molecule has 0 radical (unpaired) electrons. The van der Waals surface area contributed by atoms with Crippen LogP contribution in [-0.2, 0) is 0 Å². The van der Waals surface area contributed by atoms with Gasteiger partial charge in [-0.15, -0.1) is 11.8 Å². The summed E-state index contributed by atoms with van der Waals surface area (Å²) in [5.41, 5.74) is 0. The summed E-state index contributed by atoms with van der Waals surface area (Å²) in [6.07, 6.45) is 3.39. The Labute approximate surface area is 76.6 Å². The summed E-state index contributed by atoms with van der Waals surface area (Å²) in [5.74, 6) is -0.382. The van der Waals surface area contributed by atoms with Gasteiger partial charge in [0, 0.05) is 11.1 Å². The molecule has 0 aliphatic rings. The molecule has 1 aromatic heterocycles. The Balaban J connectivity index is 3.14. The lowest BCUT2D eigenvalue weighted by Gasteiger charge is -1.98. The normalized spacial score (nSPS) is 9.90. The summed E-state index contributed by atoms with van der Waals surface area (Å²) in [6.45, 7) is 0. The average molecular weight is 269 g/mol. The minimum atomic E-state index is -0.382. The first-order valence-corrected chi connectivity index (χ1v) is 4.90. The van der Waals surface area contributed by atoms with E-state index in [0.717, 1.165) is 4.90 Å². The molecule has 0 N–H and O–H groups in total. The molecule has 0 bridgehead atoms. The Bertz CT molecular complexity index is 241. The number of hydrogen-bond donors (Lipinski definition) is 0. The van der Waals surface area contributed by atoms with Crippen LogP contribution in [0, 0.1) is 9.52 Å². The van der Waals surface area contributed by atoms with E-state index >= 15 is 0 Å². The van der Waals surface area contributed by atoms with E-state index in [0.29, 0.717) is 3.57 Å². The first kappa shape index (κ1) is 8.26. The van der Waals surface area contributed by atoms with E-state index in [1.54, 1.807) is 6.07 Å². The summed E-state index contributed by atoms with van der Waals surface area (Å²) in [5, 5.41) is 0. The second-order valence-electron chi connectivity index (χ2n) is 1.62. The third-order valence-corrected chi connectivity index (χ3v) is 3.20. The number of hydrogen-bond acceptors (Lipinski definition) is 2. The maximum atomic E-state index is 12.6. The highest BCUT2D eigenvalue weighted by atomic mass is 127. The summed E-state index contributed by atoms with van der Waals surface area (Å²) < 4.78 is 13.2. The van der Waals surface area contributed by atoms with Crippen molar-refractivity contribution >= 4 is 34.4 Å². The van der Waals surface area contributed by atoms with Crippen LogP contribution in [0.2, 0.25) is 0 Å². The molecule has 0 atom stereocenters. The molecule has 1 aromatic rings. The molecule has 0 amide bonds. The van der Waals surface area contributed by atoms with Crippen LogP contribution in [0.1, 0.15) is 0 Å². The van der Waals surface area contributed by atoms with Gasteiger partial charge < -0.3 is 0 Å². The molecular weight excluding hydrogens is 264 g/mol. The van der Waals surface area contributed by atoms with Crippen molar-refractivity contribution in [1.29, 1.82) is 0 Å². The van der Waals surface area contributed by atoms with Crippen molar-refractivity contribution in [3.05, 3.63) is 21.8 Å². The molecule has 0 fully saturated rings. The maximum Gasteiger partial charge on any atom is 0.227 e. The molecule has 1 rings (SSSR count). The summed E-state index contributed by atoms with van der Waals surface area (Å²) in [7, 11) is 0. The van der Waals surface area contributed by atoms with Gasteiger partial charge in [0.2, 0.25) is 5.95 Å². The number of rotatable bonds is 1. The van der Waals surface area contributed by atoms with Crippen LogP contribution in [0.15, 0.2) is 17.2 Å². The van der Waals surface area contributed by atoms with Gasteiger partial charge in [0.05, 0.1) is 3.57 Å². The van der Waals surface area contributed by atoms with Crippen molar-refractivity contribution in [3.63, 3.8) is 0 Å². The molecule has 1 nitrogen and oxygen atoms in total. The predicted octanol–water partition coefficient (Wildman–Crippen LogP) is 2.55. The van der Waals surface area contributed by atoms with Crippen molar-refractivity contribution in [1.82, 2.24) is 4.98 Å². The largest absolute Gasteiger partial charge is 0.227 e. The molecule has 4 heteroatoms. The molecule has 54 valence electrons. The van der Waals surface area contributed by atoms with Crippen molar-refractivity contribution < 1.29 is 4.39 Å². The Morgan fingerprint density at radius 1 is 1.70 bits per heavy atom. The minimum absolute atomic E-state index is 0.382. The monoisotopic (exact) mass is 269 g/mol. The van der Waals surface area contributed by atoms with Gasteiger partial charge in [-0.2, -0.15) is 4.39 Å². The van der Waals surface area contributed by atoms with Gasteiger partial charge in [-0.1, -0.05) is 0 Å². The van der Waals surface area contributed by atoms with Gasteiger partial charge in [-0.05, 0) is 34.9 Å². The lowest BCUT2D eigenvalue weighted by molar-refractivity contribution is 0.571. The third-order valence-electron chi connectivity index (χ3n) is 1.03. The number of nitrogens with zero attached hydrogens (tertiary/aromatic N) is 1. The van der Waals surface area contributed by atoms with Crippen LogP contribution in [-0.4, -0.2) is 11.2 Å². The molecule has 0 aliphatic heterocycles. The van der Waals surface area contributed by atoms with Crippen molar-refractivity contribution in [2.45, 2.75) is 4.90 Å². The number of pyridine rings is 1. The van der Waals surface area contributed by atoms with E-state index in [4.69, 9.17) is 0 Å². The van der Waals surface area contributed by atoms with E-state index in [2.05, 4.69) is 4.98 Å². The van der Waals surface area contributed by atoms with E-state index in [9.17, 15) is 4.39 Å². The Hall–Kier alpha value is 0.160. The molecule has 0 aliphatic carbocycles. The van der Waals surface area contributed by atoms with Crippen LogP contribution >= 0.6 is 34.4 Å². The van der Waals surface area contributed by atoms with Crippen LogP contribution < -0.4 is 0 Å². The molecule has 1 heterocycles.